The maximum Gasteiger partial charge on any atom is 0.213 e. The lowest BCUT2D eigenvalue weighted by Crippen LogP contribution is -2.31. The van der Waals surface area contributed by atoms with Crippen molar-refractivity contribution in [2.45, 2.75) is 12.0 Å². The molecule has 5 heteroatoms. The van der Waals surface area contributed by atoms with Gasteiger partial charge < -0.3 is 9.84 Å². The molecule has 0 bridgehead atoms. The molecule has 0 aromatic carbocycles. The van der Waals surface area contributed by atoms with Crippen LogP contribution < -0.4 is 4.74 Å². The number of hydrogen-bond donors (Lipinski definition) is 1. The van der Waals surface area contributed by atoms with Crippen LogP contribution in [0.2, 0.25) is 0 Å². The van der Waals surface area contributed by atoms with Gasteiger partial charge in [-0.25, -0.2) is 4.98 Å². The number of nitrogens with zero attached hydrogens (tertiary/aromatic N) is 2. The molecule has 1 atom stereocenters. The van der Waals surface area contributed by atoms with Crippen molar-refractivity contribution in [1.82, 2.24) is 4.98 Å². The Morgan fingerprint density at radius 2 is 2.40 bits per heavy atom. The van der Waals surface area contributed by atoms with Crippen molar-refractivity contribution >= 4 is 18.2 Å². The highest BCUT2D eigenvalue weighted by molar-refractivity contribution is 5.80. The third-order valence-electron chi connectivity index (χ3n) is 2.30. The second-order valence-corrected chi connectivity index (χ2v) is 3.28. The molecule has 0 saturated carbocycles. The zero-order valence-corrected chi connectivity index (χ0v) is 8.17. The molecule has 78 valence electrons. The minimum absolute atomic E-state index is 0.143. The van der Waals surface area contributed by atoms with E-state index in [4.69, 9.17) is 4.74 Å². The molecule has 2 rings (SSSR count). The fourth-order valence-corrected chi connectivity index (χ4v) is 1.45. The van der Waals surface area contributed by atoms with Gasteiger partial charge in [0.2, 0.25) is 5.88 Å². The number of pyridine rings is 1. The summed E-state index contributed by atoms with van der Waals surface area (Å²) in [6, 6.07) is 3.29. The molecular weight excluding hydrogens is 196 g/mol. The first-order chi connectivity index (χ1) is 7.19. The van der Waals surface area contributed by atoms with E-state index >= 15 is 0 Å². The van der Waals surface area contributed by atoms with Gasteiger partial charge in [0.05, 0.1) is 12.8 Å². The summed E-state index contributed by atoms with van der Waals surface area (Å²) < 4.78 is 4.93. The molecule has 0 aliphatic carbocycles. The van der Waals surface area contributed by atoms with Crippen molar-refractivity contribution in [3.05, 3.63) is 17.8 Å². The van der Waals surface area contributed by atoms with Gasteiger partial charge in [0.25, 0.3) is 0 Å². The van der Waals surface area contributed by atoms with Crippen molar-refractivity contribution in [3.63, 3.8) is 0 Å². The Morgan fingerprint density at radius 3 is 3.07 bits per heavy atom. The zero-order valence-electron chi connectivity index (χ0n) is 8.17. The Balaban J connectivity index is 2.59. The summed E-state index contributed by atoms with van der Waals surface area (Å²) in [5.41, 5.74) is -0.831. The molecule has 1 aromatic heterocycles. The van der Waals surface area contributed by atoms with Gasteiger partial charge in [-0.05, 0) is 6.07 Å². The van der Waals surface area contributed by atoms with Crippen LogP contribution in [-0.2, 0) is 10.4 Å². The van der Waals surface area contributed by atoms with Crippen LogP contribution in [0.5, 0.6) is 5.88 Å². The lowest BCUT2D eigenvalue weighted by molar-refractivity contribution is -0.124. The molecule has 1 aromatic rings. The Kier molecular flexibility index (Phi) is 2.24. The van der Waals surface area contributed by atoms with Gasteiger partial charge in [0, 0.05) is 18.7 Å². The number of fused-ring (bicyclic) bond motifs is 1. The average molecular weight is 206 g/mol. The number of rotatable bonds is 2. The van der Waals surface area contributed by atoms with Crippen LogP contribution >= 0.6 is 0 Å². The first-order valence-electron chi connectivity index (χ1n) is 4.46. The molecule has 1 unspecified atom stereocenters. The molecule has 2 heterocycles. The van der Waals surface area contributed by atoms with Crippen molar-refractivity contribution in [1.29, 1.82) is 0 Å². The van der Waals surface area contributed by atoms with Crippen molar-refractivity contribution in [2.24, 2.45) is 4.99 Å². The van der Waals surface area contributed by atoms with Crippen LogP contribution in [0, 0.1) is 0 Å². The van der Waals surface area contributed by atoms with E-state index in [1.807, 2.05) is 0 Å². The summed E-state index contributed by atoms with van der Waals surface area (Å²) >= 11 is 0. The van der Waals surface area contributed by atoms with Gasteiger partial charge >= 0.3 is 0 Å². The summed E-state index contributed by atoms with van der Waals surface area (Å²) in [5.74, 6) is 0.353. The van der Waals surface area contributed by atoms with Gasteiger partial charge in [-0.15, -0.1) is 0 Å². The Morgan fingerprint density at radius 1 is 1.60 bits per heavy atom. The van der Waals surface area contributed by atoms with E-state index in [0.717, 1.165) is 0 Å². The standard InChI is InChI=1S/C10H10N2O3/c1-15-8-3-2-7-9(12-8)10(14,6-13)4-5-11-7/h2-3,5-6,14H,4H2,1H3. The van der Waals surface area contributed by atoms with Crippen LogP contribution in [0.3, 0.4) is 0 Å². The number of methoxy groups -OCH3 is 1. The first-order valence-corrected chi connectivity index (χ1v) is 4.46. The van der Waals surface area contributed by atoms with Crippen LogP contribution in [0.15, 0.2) is 17.1 Å². The second kappa shape index (κ2) is 3.43. The van der Waals surface area contributed by atoms with Crippen LogP contribution in [-0.4, -0.2) is 29.7 Å². The average Bonchev–Trinajstić information content (AvgIpc) is 2.29. The van der Waals surface area contributed by atoms with Gasteiger partial charge in [-0.1, -0.05) is 0 Å². The molecular formula is C10H10N2O3. The topological polar surface area (TPSA) is 71.8 Å². The summed E-state index contributed by atoms with van der Waals surface area (Å²) in [6.07, 6.45) is 2.12. The SMILES string of the molecule is COc1ccc2c(n1)C(O)(C=O)CC=N2. The van der Waals surface area contributed by atoms with E-state index in [1.165, 1.54) is 13.3 Å². The fraction of sp³-hybridized carbons (Fsp3) is 0.300. The van der Waals surface area contributed by atoms with Crippen LogP contribution in [0.1, 0.15) is 12.1 Å². The van der Waals surface area contributed by atoms with E-state index < -0.39 is 5.60 Å². The van der Waals surface area contributed by atoms with Gasteiger partial charge in [0.15, 0.2) is 11.9 Å². The second-order valence-electron chi connectivity index (χ2n) is 3.28. The van der Waals surface area contributed by atoms with E-state index in [2.05, 4.69) is 9.98 Å². The molecule has 1 N–H and O–H groups in total. The third kappa shape index (κ3) is 1.50. The summed E-state index contributed by atoms with van der Waals surface area (Å²) in [7, 11) is 1.47. The predicted octanol–water partition coefficient (Wildman–Crippen LogP) is 0.583. The zero-order chi connectivity index (χ0) is 10.9. The van der Waals surface area contributed by atoms with E-state index in [-0.39, 0.29) is 12.1 Å². The Labute approximate surface area is 86.4 Å². The molecule has 1 aliphatic heterocycles. The number of aliphatic imine (C=N–C) groups is 1. The lowest BCUT2D eigenvalue weighted by Gasteiger charge is -2.24. The molecule has 0 radical (unpaired) electrons. The van der Waals surface area contributed by atoms with Gasteiger partial charge in [-0.3, -0.25) is 9.79 Å². The van der Waals surface area contributed by atoms with E-state index in [0.29, 0.717) is 17.9 Å². The molecule has 5 nitrogen and oxygen atoms in total. The van der Waals surface area contributed by atoms with Crippen molar-refractivity contribution < 1.29 is 14.6 Å². The third-order valence-corrected chi connectivity index (χ3v) is 2.30. The maximum absolute atomic E-state index is 10.9. The molecule has 0 fully saturated rings. The van der Waals surface area contributed by atoms with Gasteiger partial charge in [0.1, 0.15) is 5.69 Å². The Bertz CT molecular complexity index is 431. The van der Waals surface area contributed by atoms with Crippen LogP contribution in [0.4, 0.5) is 5.69 Å². The minimum atomic E-state index is -1.58. The maximum atomic E-state index is 10.9. The first kappa shape index (κ1) is 9.79. The highest BCUT2D eigenvalue weighted by Gasteiger charge is 2.35. The minimum Gasteiger partial charge on any atom is -0.481 e. The summed E-state index contributed by atoms with van der Waals surface area (Å²) in [4.78, 5) is 18.9. The molecule has 0 spiro atoms. The van der Waals surface area contributed by atoms with Crippen LogP contribution in [0.25, 0.3) is 0 Å². The highest BCUT2D eigenvalue weighted by atomic mass is 16.5. The number of carbonyl (C=O) groups is 1. The lowest BCUT2D eigenvalue weighted by atomic mass is 9.94. The van der Waals surface area contributed by atoms with E-state index in [9.17, 15) is 9.90 Å². The van der Waals surface area contributed by atoms with Gasteiger partial charge in [-0.2, -0.15) is 0 Å². The molecule has 0 saturated heterocycles. The summed E-state index contributed by atoms with van der Waals surface area (Å²) in [6.45, 7) is 0. The Hall–Kier alpha value is -1.75. The number of aromatic nitrogens is 1. The number of aliphatic hydroxyl groups is 1. The van der Waals surface area contributed by atoms with E-state index in [1.54, 1.807) is 12.1 Å². The molecule has 15 heavy (non-hydrogen) atoms. The largest absolute Gasteiger partial charge is 0.481 e. The van der Waals surface area contributed by atoms with Crippen molar-refractivity contribution in [2.75, 3.05) is 7.11 Å². The number of ether oxygens (including phenoxy) is 1. The summed E-state index contributed by atoms with van der Waals surface area (Å²) in [5, 5.41) is 9.97. The van der Waals surface area contributed by atoms with Crippen molar-refractivity contribution in [3.8, 4) is 5.88 Å². The number of carbonyl (C=O) groups excluding carboxylic acids is 1. The monoisotopic (exact) mass is 206 g/mol. The number of aldehydes is 1. The predicted molar refractivity (Wildman–Crippen MR) is 53.5 cm³/mol. The highest BCUT2D eigenvalue weighted by Crippen LogP contribution is 2.34. The fourth-order valence-electron chi connectivity index (χ4n) is 1.45. The smallest absolute Gasteiger partial charge is 0.213 e. The molecule has 0 amide bonds. The number of hydrogen-bond acceptors (Lipinski definition) is 5. The molecule has 1 aliphatic rings. The quantitative estimate of drug-likeness (QED) is 0.718. The normalized spacial score (nSPS) is 23.3.